The van der Waals surface area contributed by atoms with E-state index in [1.807, 2.05) is 36.4 Å². The van der Waals surface area contributed by atoms with Crippen LogP contribution in [-0.2, 0) is 57.9 Å². The van der Waals surface area contributed by atoms with Crippen molar-refractivity contribution in [2.75, 3.05) is 87.8 Å². The zero-order chi connectivity index (χ0) is 54.8. The molecule has 0 bridgehead atoms. The second-order valence-electron chi connectivity index (χ2n) is 16.6. The Hall–Kier alpha value is -7.52. The van der Waals surface area contributed by atoms with Crippen LogP contribution in [0.1, 0.15) is 50.0 Å². The molecule has 0 aromatic heterocycles. The molecule has 2 aliphatic rings. The second kappa shape index (κ2) is 34.9. The van der Waals surface area contributed by atoms with Crippen molar-refractivity contribution < 1.29 is 91.9 Å². The van der Waals surface area contributed by atoms with E-state index in [4.69, 9.17) is 29.9 Å². The predicted molar refractivity (Wildman–Crippen MR) is 287 cm³/mol. The van der Waals surface area contributed by atoms with E-state index in [1.54, 1.807) is 62.4 Å². The molecule has 2 fully saturated rings. The Kier molecular flexibility index (Phi) is 31.5. The zero-order valence-corrected chi connectivity index (χ0v) is 44.8. The second-order valence-corrected chi connectivity index (χ2v) is 20.6. The SMILES string of the molecule is CCC(=O)OC(CN1CCN(c2ccccc2)CC1)c1ccc(S(C)(=O)=O)cc1.CCC(=O)OC(CN1CCN(c2ccccc2)CC1)c1ccc(S(C)(=O)=O)cc1.O.O.O.O=C(O)/C=C\C(=O)O.O=C(O)/C=C\C(=O)O. The number of anilines is 2. The summed E-state index contributed by atoms with van der Waals surface area (Å²) < 4.78 is 58.2. The highest BCUT2D eigenvalue weighted by Gasteiger charge is 2.26. The van der Waals surface area contributed by atoms with Crippen molar-refractivity contribution in [3.05, 3.63) is 145 Å². The van der Waals surface area contributed by atoms with Gasteiger partial charge in [-0.2, -0.15) is 0 Å². The van der Waals surface area contributed by atoms with Crippen LogP contribution in [0.3, 0.4) is 0 Å². The predicted octanol–water partition coefficient (Wildman–Crippen LogP) is 2.76. The smallest absolute Gasteiger partial charge is 0.328 e. The van der Waals surface area contributed by atoms with Crippen molar-refractivity contribution >= 4 is 66.9 Å². The largest absolute Gasteiger partial charge is 0.478 e. The number of hydrogen-bond donors (Lipinski definition) is 4. The van der Waals surface area contributed by atoms with E-state index in [9.17, 15) is 45.6 Å². The molecule has 25 heteroatoms. The molecule has 2 atom stereocenters. The lowest BCUT2D eigenvalue weighted by molar-refractivity contribution is -0.151. The fourth-order valence-electron chi connectivity index (χ4n) is 7.17. The van der Waals surface area contributed by atoms with Gasteiger partial charge in [0.2, 0.25) is 0 Å². The molecule has 2 saturated heterocycles. The maximum Gasteiger partial charge on any atom is 0.328 e. The molecule has 10 N–H and O–H groups in total. The summed E-state index contributed by atoms with van der Waals surface area (Å²) in [6, 6.07) is 33.9. The molecule has 0 spiro atoms. The minimum atomic E-state index is -3.26. The third kappa shape index (κ3) is 26.7. The molecular weight excluding hydrogens is 1050 g/mol. The lowest BCUT2D eigenvalue weighted by atomic mass is 10.1. The molecule has 2 unspecified atom stereocenters. The Balaban J connectivity index is 0.00000114. The minimum absolute atomic E-state index is 0. The number of esters is 2. The Morgan fingerprint density at radius 1 is 0.455 bits per heavy atom. The summed E-state index contributed by atoms with van der Waals surface area (Å²) in [4.78, 5) is 71.9. The van der Waals surface area contributed by atoms with Gasteiger partial charge in [-0.3, -0.25) is 19.4 Å². The summed E-state index contributed by atoms with van der Waals surface area (Å²) in [5, 5.41) is 31.2. The van der Waals surface area contributed by atoms with E-state index < -0.39 is 55.8 Å². The lowest BCUT2D eigenvalue weighted by Gasteiger charge is -2.37. The van der Waals surface area contributed by atoms with Crippen molar-refractivity contribution in [1.82, 2.24) is 9.80 Å². The van der Waals surface area contributed by atoms with Crippen LogP contribution < -0.4 is 9.80 Å². The Morgan fingerprint density at radius 2 is 0.714 bits per heavy atom. The summed E-state index contributed by atoms with van der Waals surface area (Å²) in [6.45, 7) is 11.8. The number of carbonyl (C=O) groups is 6. The van der Waals surface area contributed by atoms with Crippen LogP contribution in [0.2, 0.25) is 0 Å². The van der Waals surface area contributed by atoms with Gasteiger partial charge in [0.15, 0.2) is 19.7 Å². The normalized spacial score (nSPS) is 14.3. The molecule has 424 valence electrons. The van der Waals surface area contributed by atoms with Crippen LogP contribution in [0.25, 0.3) is 0 Å². The number of benzene rings is 4. The van der Waals surface area contributed by atoms with Crippen LogP contribution in [0.5, 0.6) is 0 Å². The number of hydrogen-bond acceptors (Lipinski definition) is 16. The Bertz CT molecular complexity index is 2510. The first-order chi connectivity index (χ1) is 35.0. The summed E-state index contributed by atoms with van der Waals surface area (Å²) in [6.07, 6.45) is 4.37. The average molecular weight is 1120 g/mol. The van der Waals surface area contributed by atoms with Gasteiger partial charge in [0, 0.05) is 126 Å². The summed E-state index contributed by atoms with van der Waals surface area (Å²) >= 11 is 0. The van der Waals surface area contributed by atoms with Gasteiger partial charge in [-0.25, -0.2) is 36.0 Å². The van der Waals surface area contributed by atoms with E-state index in [0.717, 1.165) is 63.5 Å². The quantitative estimate of drug-likeness (QED) is 0.0822. The molecule has 0 saturated carbocycles. The molecule has 4 aromatic rings. The monoisotopic (exact) mass is 1120 g/mol. The third-order valence-electron chi connectivity index (χ3n) is 11.1. The number of rotatable bonds is 18. The molecule has 2 aliphatic heterocycles. The van der Waals surface area contributed by atoms with Gasteiger partial charge >= 0.3 is 35.8 Å². The number of carboxylic acids is 4. The first-order valence-electron chi connectivity index (χ1n) is 23.3. The number of aliphatic carboxylic acids is 4. The molecular formula is C52H70N4O19S2. The summed E-state index contributed by atoms with van der Waals surface area (Å²) in [5.41, 5.74) is 4.06. The third-order valence-corrected chi connectivity index (χ3v) is 13.3. The number of carboxylic acid groups (broad SMARTS) is 4. The van der Waals surface area contributed by atoms with E-state index in [2.05, 4.69) is 43.9 Å². The van der Waals surface area contributed by atoms with Crippen molar-refractivity contribution in [3.63, 3.8) is 0 Å². The van der Waals surface area contributed by atoms with E-state index in [-0.39, 0.29) is 38.2 Å². The van der Waals surface area contributed by atoms with Gasteiger partial charge in [0.25, 0.3) is 0 Å². The van der Waals surface area contributed by atoms with Gasteiger partial charge in [0.05, 0.1) is 9.79 Å². The van der Waals surface area contributed by atoms with Crippen molar-refractivity contribution in [2.45, 2.75) is 48.7 Å². The Morgan fingerprint density at radius 3 is 0.935 bits per heavy atom. The van der Waals surface area contributed by atoms with Crippen LogP contribution >= 0.6 is 0 Å². The molecule has 0 radical (unpaired) electrons. The standard InChI is InChI=1S/2C22H28N2O4S.2C4H4O4.3H2O/c2*1-3-22(25)28-21(18-9-11-20(12-10-18)29(2,26)27)17-23-13-15-24(16-14-23)19-7-5-4-6-8-19;2*5-3(6)1-2-4(7)8;;;/h2*4-12,21H,3,13-17H2,1-2H3;2*1-2H,(H,5,6)(H,7,8);3*1H2/b;;2*2-1-;;;. The van der Waals surface area contributed by atoms with Crippen molar-refractivity contribution in [1.29, 1.82) is 0 Å². The van der Waals surface area contributed by atoms with Gasteiger partial charge in [-0.05, 0) is 59.7 Å². The molecule has 2 heterocycles. The summed E-state index contributed by atoms with van der Waals surface area (Å²) in [5.74, 6) is -5.55. The number of nitrogens with zero attached hydrogens (tertiary/aromatic N) is 4. The number of piperazine rings is 2. The van der Waals surface area contributed by atoms with Crippen LogP contribution in [0, 0.1) is 0 Å². The first kappa shape index (κ1) is 69.5. The summed E-state index contributed by atoms with van der Waals surface area (Å²) in [7, 11) is -6.51. The fourth-order valence-corrected chi connectivity index (χ4v) is 8.43. The van der Waals surface area contributed by atoms with Crippen LogP contribution in [-0.4, -0.2) is 177 Å². The highest BCUT2D eigenvalue weighted by Crippen LogP contribution is 2.26. The zero-order valence-electron chi connectivity index (χ0n) is 43.1. The van der Waals surface area contributed by atoms with Crippen LogP contribution in [0.4, 0.5) is 11.4 Å². The van der Waals surface area contributed by atoms with Gasteiger partial charge < -0.3 is 56.1 Å². The van der Waals surface area contributed by atoms with E-state index in [0.29, 0.717) is 50.2 Å². The fraction of sp³-hybridized carbons (Fsp3) is 0.346. The highest BCUT2D eigenvalue weighted by molar-refractivity contribution is 7.91. The number of ether oxygens (including phenoxy) is 2. The van der Waals surface area contributed by atoms with E-state index in [1.165, 1.54) is 23.9 Å². The highest BCUT2D eigenvalue weighted by atomic mass is 32.2. The van der Waals surface area contributed by atoms with Crippen molar-refractivity contribution in [2.24, 2.45) is 0 Å². The molecule has 77 heavy (non-hydrogen) atoms. The van der Waals surface area contributed by atoms with Gasteiger partial charge in [-0.1, -0.05) is 74.5 Å². The van der Waals surface area contributed by atoms with Gasteiger partial charge in [0.1, 0.15) is 12.2 Å². The van der Waals surface area contributed by atoms with Crippen molar-refractivity contribution in [3.8, 4) is 0 Å². The minimum Gasteiger partial charge on any atom is -0.478 e. The van der Waals surface area contributed by atoms with Gasteiger partial charge in [-0.15, -0.1) is 0 Å². The first-order valence-corrected chi connectivity index (χ1v) is 27.1. The maximum atomic E-state index is 12.0. The lowest BCUT2D eigenvalue weighted by Crippen LogP contribution is -2.47. The molecule has 0 aliphatic carbocycles. The number of sulfone groups is 2. The molecule has 0 amide bonds. The Labute approximate surface area is 448 Å². The number of para-hydroxylation sites is 2. The average Bonchev–Trinajstić information content (AvgIpc) is 3.38. The molecule has 23 nitrogen and oxygen atoms in total. The maximum absolute atomic E-state index is 12.0. The topological polar surface area (TPSA) is 378 Å². The number of carbonyl (C=O) groups excluding carboxylic acids is 2. The molecule has 6 rings (SSSR count). The van der Waals surface area contributed by atoms with E-state index >= 15 is 0 Å². The van der Waals surface area contributed by atoms with Crippen LogP contribution in [0.15, 0.2) is 143 Å². The molecule has 4 aromatic carbocycles.